The summed E-state index contributed by atoms with van der Waals surface area (Å²) in [6.45, 7) is 0. The second-order valence-electron chi connectivity index (χ2n) is 5.43. The van der Waals surface area contributed by atoms with E-state index in [-0.39, 0.29) is 0 Å². The zero-order valence-electron chi connectivity index (χ0n) is 12.3. The first-order valence-electron chi connectivity index (χ1n) is 7.21. The topological polar surface area (TPSA) is 76.1 Å². The van der Waals surface area contributed by atoms with Gasteiger partial charge in [-0.05, 0) is 40.9 Å². The maximum Gasteiger partial charge on any atom is 0.157 e. The number of rotatable bonds is 3. The van der Waals surface area contributed by atoms with Crippen LogP contribution in [0.15, 0.2) is 29.0 Å². The van der Waals surface area contributed by atoms with Crippen LogP contribution in [0.2, 0.25) is 0 Å². The Morgan fingerprint density at radius 1 is 1.39 bits per heavy atom. The van der Waals surface area contributed by atoms with Gasteiger partial charge in [0.1, 0.15) is 27.8 Å². The molecule has 0 N–H and O–H groups in total. The molecule has 0 radical (unpaired) electrons. The van der Waals surface area contributed by atoms with Crippen LogP contribution >= 0.6 is 15.9 Å². The fraction of sp³-hybridized carbons (Fsp3) is 0.250. The second kappa shape index (κ2) is 5.32. The molecule has 0 saturated heterocycles. The molecule has 0 aromatic carbocycles. The van der Waals surface area contributed by atoms with Gasteiger partial charge in [-0.2, -0.15) is 10.4 Å². The Morgan fingerprint density at radius 3 is 2.87 bits per heavy atom. The lowest BCUT2D eigenvalue weighted by atomic mass is 10.2. The van der Waals surface area contributed by atoms with Crippen molar-refractivity contribution in [2.45, 2.75) is 18.8 Å². The molecule has 6 nitrogen and oxygen atoms in total. The predicted molar refractivity (Wildman–Crippen MR) is 87.2 cm³/mol. The fourth-order valence-corrected chi connectivity index (χ4v) is 2.96. The van der Waals surface area contributed by atoms with Crippen molar-refractivity contribution in [3.05, 3.63) is 40.3 Å². The zero-order valence-corrected chi connectivity index (χ0v) is 13.9. The van der Waals surface area contributed by atoms with Crippen molar-refractivity contribution < 1.29 is 4.74 Å². The van der Waals surface area contributed by atoms with E-state index in [0.29, 0.717) is 27.4 Å². The van der Waals surface area contributed by atoms with E-state index in [2.05, 4.69) is 32.0 Å². The van der Waals surface area contributed by atoms with Crippen LogP contribution in [0.25, 0.3) is 17.0 Å². The third kappa shape index (κ3) is 2.35. The quantitative estimate of drug-likeness (QED) is 0.661. The number of imidazole rings is 1. The van der Waals surface area contributed by atoms with Crippen molar-refractivity contribution >= 4 is 21.6 Å². The molecule has 114 valence electrons. The van der Waals surface area contributed by atoms with E-state index in [9.17, 15) is 0 Å². The molecule has 1 aliphatic rings. The maximum atomic E-state index is 9.01. The molecule has 1 aliphatic carbocycles. The normalized spacial score (nSPS) is 14.0. The molecule has 0 aliphatic heterocycles. The van der Waals surface area contributed by atoms with Gasteiger partial charge in [0.2, 0.25) is 0 Å². The number of ether oxygens (including phenoxy) is 1. The number of hydrogen-bond acceptors (Lipinski definition) is 5. The molecule has 0 bridgehead atoms. The highest BCUT2D eigenvalue weighted by molar-refractivity contribution is 9.10. The summed E-state index contributed by atoms with van der Waals surface area (Å²) in [7, 11) is 1.66. The van der Waals surface area contributed by atoms with Gasteiger partial charge in [0, 0.05) is 12.0 Å². The zero-order chi connectivity index (χ0) is 16.0. The molecule has 0 amide bonds. The molecule has 1 saturated carbocycles. The van der Waals surface area contributed by atoms with Gasteiger partial charge in [0.05, 0.1) is 24.6 Å². The largest absolute Gasteiger partial charge is 0.495 e. The Morgan fingerprint density at radius 2 is 2.22 bits per heavy atom. The standard InChI is InChI=1S/C16H12BrN5O/c1-23-13-6-14-19-8-12(22(14)21-15(13)9-2-3-9)11-5-4-10(7-18)16(17)20-11/h4-6,8-9H,2-3H2,1H3. The first-order valence-corrected chi connectivity index (χ1v) is 8.00. The van der Waals surface area contributed by atoms with Crippen LogP contribution < -0.4 is 4.74 Å². The minimum atomic E-state index is 0.463. The third-order valence-corrected chi connectivity index (χ3v) is 4.50. The molecule has 7 heteroatoms. The first-order chi connectivity index (χ1) is 11.2. The van der Waals surface area contributed by atoms with Gasteiger partial charge < -0.3 is 4.74 Å². The molecule has 3 heterocycles. The van der Waals surface area contributed by atoms with Crippen LogP contribution in [0.4, 0.5) is 0 Å². The predicted octanol–water partition coefficient (Wildman–Crippen LogP) is 3.31. The lowest BCUT2D eigenvalue weighted by molar-refractivity contribution is 0.405. The van der Waals surface area contributed by atoms with Crippen molar-refractivity contribution in [1.29, 1.82) is 5.26 Å². The summed E-state index contributed by atoms with van der Waals surface area (Å²) in [4.78, 5) is 8.83. The molecular formula is C16H12BrN5O. The van der Waals surface area contributed by atoms with Crippen molar-refractivity contribution in [1.82, 2.24) is 19.6 Å². The minimum Gasteiger partial charge on any atom is -0.495 e. The van der Waals surface area contributed by atoms with Crippen LogP contribution in [0, 0.1) is 11.3 Å². The van der Waals surface area contributed by atoms with E-state index in [0.717, 1.165) is 30.0 Å². The summed E-state index contributed by atoms with van der Waals surface area (Å²) in [5, 5.41) is 13.7. The molecule has 3 aromatic rings. The average Bonchev–Trinajstić information content (AvgIpc) is 3.33. The molecular weight excluding hydrogens is 358 g/mol. The number of hydrogen-bond donors (Lipinski definition) is 0. The van der Waals surface area contributed by atoms with Crippen molar-refractivity contribution in [2.24, 2.45) is 0 Å². The molecule has 4 rings (SSSR count). The summed E-state index contributed by atoms with van der Waals surface area (Å²) in [6.07, 6.45) is 4.01. The average molecular weight is 370 g/mol. The van der Waals surface area contributed by atoms with Crippen LogP contribution in [-0.2, 0) is 0 Å². The fourth-order valence-electron chi connectivity index (χ4n) is 2.55. The number of fused-ring (bicyclic) bond motifs is 1. The smallest absolute Gasteiger partial charge is 0.157 e. The van der Waals surface area contributed by atoms with Crippen LogP contribution in [0.1, 0.15) is 30.0 Å². The number of nitriles is 1. The maximum absolute atomic E-state index is 9.01. The first kappa shape index (κ1) is 14.2. The van der Waals surface area contributed by atoms with E-state index >= 15 is 0 Å². The highest BCUT2D eigenvalue weighted by Gasteiger charge is 2.29. The summed E-state index contributed by atoms with van der Waals surface area (Å²) in [5.41, 5.74) is 3.67. The molecule has 0 unspecified atom stereocenters. The second-order valence-corrected chi connectivity index (χ2v) is 6.18. The van der Waals surface area contributed by atoms with E-state index < -0.39 is 0 Å². The Hall–Kier alpha value is -2.46. The Bertz CT molecular complexity index is 955. The molecule has 3 aromatic heterocycles. The van der Waals surface area contributed by atoms with E-state index in [1.54, 1.807) is 30.0 Å². The van der Waals surface area contributed by atoms with Crippen molar-refractivity contribution in [3.8, 4) is 23.2 Å². The van der Waals surface area contributed by atoms with E-state index in [1.807, 2.05) is 6.07 Å². The monoisotopic (exact) mass is 369 g/mol. The van der Waals surface area contributed by atoms with E-state index in [4.69, 9.17) is 15.1 Å². The molecule has 0 spiro atoms. The molecule has 0 atom stereocenters. The lowest BCUT2D eigenvalue weighted by Gasteiger charge is -2.08. The van der Waals surface area contributed by atoms with Crippen LogP contribution in [-0.4, -0.2) is 26.7 Å². The SMILES string of the molecule is COc1cc2ncc(-c3ccc(C#N)c(Br)n3)n2nc1C1CC1. The minimum absolute atomic E-state index is 0.463. The molecule has 23 heavy (non-hydrogen) atoms. The number of nitrogens with zero attached hydrogens (tertiary/aromatic N) is 5. The highest BCUT2D eigenvalue weighted by atomic mass is 79.9. The lowest BCUT2D eigenvalue weighted by Crippen LogP contribution is -2.02. The highest BCUT2D eigenvalue weighted by Crippen LogP contribution is 2.43. The van der Waals surface area contributed by atoms with E-state index in [1.165, 1.54) is 0 Å². The number of methoxy groups -OCH3 is 1. The summed E-state index contributed by atoms with van der Waals surface area (Å²) < 4.78 is 7.75. The van der Waals surface area contributed by atoms with Crippen LogP contribution in [0.3, 0.4) is 0 Å². The number of halogens is 1. The summed E-state index contributed by atoms with van der Waals surface area (Å²) in [6, 6.07) is 7.53. The van der Waals surface area contributed by atoms with Crippen molar-refractivity contribution in [3.63, 3.8) is 0 Å². The van der Waals surface area contributed by atoms with Gasteiger partial charge >= 0.3 is 0 Å². The molecule has 1 fully saturated rings. The van der Waals surface area contributed by atoms with Crippen molar-refractivity contribution in [2.75, 3.05) is 7.11 Å². The van der Waals surface area contributed by atoms with Gasteiger partial charge in [-0.1, -0.05) is 0 Å². The van der Waals surface area contributed by atoms with Gasteiger partial charge in [-0.3, -0.25) is 0 Å². The third-order valence-electron chi connectivity index (χ3n) is 3.90. The summed E-state index contributed by atoms with van der Waals surface area (Å²) in [5.74, 6) is 1.25. The Kier molecular flexibility index (Phi) is 3.27. The van der Waals surface area contributed by atoms with Gasteiger partial charge in [-0.15, -0.1) is 0 Å². The Labute approximate surface area is 140 Å². The van der Waals surface area contributed by atoms with Gasteiger partial charge in [0.15, 0.2) is 5.65 Å². The number of aromatic nitrogens is 4. The van der Waals surface area contributed by atoms with Gasteiger partial charge in [-0.25, -0.2) is 14.5 Å². The Balaban J connectivity index is 1.89. The number of pyridine rings is 1. The van der Waals surface area contributed by atoms with Gasteiger partial charge in [0.25, 0.3) is 0 Å². The van der Waals surface area contributed by atoms with Crippen LogP contribution in [0.5, 0.6) is 5.75 Å². The summed E-state index contributed by atoms with van der Waals surface area (Å²) >= 11 is 3.32.